The van der Waals surface area contributed by atoms with E-state index in [2.05, 4.69) is 10.5 Å². The third-order valence-electron chi connectivity index (χ3n) is 2.48. The quantitative estimate of drug-likeness (QED) is 0.437. The molecule has 1 aromatic rings. The molecule has 3 heteroatoms. The molecule has 0 bridgehead atoms. The highest BCUT2D eigenvalue weighted by Crippen LogP contribution is 2.16. The lowest BCUT2D eigenvalue weighted by Crippen LogP contribution is -2.05. The number of aromatic nitrogens is 1. The molecule has 0 radical (unpaired) electrons. The highest BCUT2D eigenvalue weighted by atomic mass is 35.5. The van der Waals surface area contributed by atoms with Crippen LogP contribution in [0.25, 0.3) is 0 Å². The van der Waals surface area contributed by atoms with Gasteiger partial charge in [0, 0.05) is 29.9 Å². The predicted molar refractivity (Wildman–Crippen MR) is 62.4 cm³/mol. The number of nitrogens with zero attached hydrogens (tertiary/aromatic N) is 1. The molecule has 0 saturated heterocycles. The zero-order chi connectivity index (χ0) is 11.4. The molecule has 0 N–H and O–H groups in total. The Hall–Kier alpha value is -1.20. The van der Waals surface area contributed by atoms with Crippen molar-refractivity contribution < 1.29 is 4.79 Å². The van der Waals surface area contributed by atoms with Crippen molar-refractivity contribution in [1.29, 1.82) is 0 Å². The molecular formula is C12H14ClNO. The number of carbonyl (C=O) groups excluding carboxylic acids is 1. The van der Waals surface area contributed by atoms with Gasteiger partial charge in [0.1, 0.15) is 0 Å². The third kappa shape index (κ3) is 2.43. The van der Waals surface area contributed by atoms with Gasteiger partial charge in [0.15, 0.2) is 5.78 Å². The average molecular weight is 224 g/mol. The maximum atomic E-state index is 11.5. The second-order valence-electron chi connectivity index (χ2n) is 3.45. The maximum Gasteiger partial charge on any atom is 0.179 e. The minimum atomic E-state index is -0.0308. The number of rotatable bonds is 4. The predicted octanol–water partition coefficient (Wildman–Crippen LogP) is 2.55. The van der Waals surface area contributed by atoms with Gasteiger partial charge >= 0.3 is 0 Å². The van der Waals surface area contributed by atoms with Crippen LogP contribution in [0.5, 0.6) is 0 Å². The Kier molecular flexibility index (Phi) is 3.99. The topological polar surface area (TPSA) is 22.0 Å². The number of Topliss-reactive ketones (excluding diaryl/α,β-unsaturated/α-hetero) is 1. The zero-order valence-corrected chi connectivity index (χ0v) is 9.77. The molecule has 1 heterocycles. The molecule has 1 rings (SSSR count). The lowest BCUT2D eigenvalue weighted by Gasteiger charge is -2.06. The number of aryl methyl sites for hydroxylation is 1. The summed E-state index contributed by atoms with van der Waals surface area (Å²) in [4.78, 5) is 11.5. The molecule has 2 nitrogen and oxygen atoms in total. The van der Waals surface area contributed by atoms with Crippen LogP contribution in [0.15, 0.2) is 6.07 Å². The van der Waals surface area contributed by atoms with Gasteiger partial charge in [-0.1, -0.05) is 0 Å². The summed E-state index contributed by atoms with van der Waals surface area (Å²) in [6, 6.07) is 1.87. The van der Waals surface area contributed by atoms with E-state index in [9.17, 15) is 4.79 Å². The fraction of sp³-hybridized carbons (Fsp3) is 0.417. The maximum absolute atomic E-state index is 11.5. The van der Waals surface area contributed by atoms with Gasteiger partial charge in [0.05, 0.1) is 5.88 Å². The van der Waals surface area contributed by atoms with Gasteiger partial charge < -0.3 is 4.57 Å². The molecule has 15 heavy (non-hydrogen) atoms. The van der Waals surface area contributed by atoms with Crippen LogP contribution in [0.1, 0.15) is 28.2 Å². The van der Waals surface area contributed by atoms with Gasteiger partial charge in [-0.05, 0) is 19.9 Å². The van der Waals surface area contributed by atoms with Crippen LogP contribution in [0.3, 0.4) is 0 Å². The Bertz CT molecular complexity index is 412. The molecule has 0 spiro atoms. The minimum absolute atomic E-state index is 0.0272. The van der Waals surface area contributed by atoms with E-state index < -0.39 is 0 Å². The number of halogens is 1. The SMILES string of the molecule is C#CCCn1c(C)cc(C(=O)CCl)c1C. The summed E-state index contributed by atoms with van der Waals surface area (Å²) in [5.74, 6) is 2.59. The van der Waals surface area contributed by atoms with Crippen molar-refractivity contribution in [2.75, 3.05) is 5.88 Å². The number of hydrogen-bond donors (Lipinski definition) is 0. The van der Waals surface area contributed by atoms with E-state index in [-0.39, 0.29) is 11.7 Å². The van der Waals surface area contributed by atoms with Gasteiger partial charge in [-0.2, -0.15) is 0 Å². The highest BCUT2D eigenvalue weighted by Gasteiger charge is 2.13. The number of terminal acetylenes is 1. The summed E-state index contributed by atoms with van der Waals surface area (Å²) in [7, 11) is 0. The fourth-order valence-corrected chi connectivity index (χ4v) is 1.82. The van der Waals surface area contributed by atoms with Gasteiger partial charge in [-0.3, -0.25) is 4.79 Å². The summed E-state index contributed by atoms with van der Waals surface area (Å²) in [5.41, 5.74) is 2.71. The molecule has 0 aliphatic rings. The average Bonchev–Trinajstić information content (AvgIpc) is 2.51. The van der Waals surface area contributed by atoms with Gasteiger partial charge in [0.25, 0.3) is 0 Å². The van der Waals surface area contributed by atoms with Gasteiger partial charge in [-0.15, -0.1) is 23.9 Å². The molecule has 0 fully saturated rings. The summed E-state index contributed by atoms with van der Waals surface area (Å²) in [6.45, 7) is 4.64. The second-order valence-corrected chi connectivity index (χ2v) is 3.71. The molecule has 0 unspecified atom stereocenters. The van der Waals surface area contributed by atoms with Crippen molar-refractivity contribution in [3.8, 4) is 12.3 Å². The molecule has 1 aromatic heterocycles. The van der Waals surface area contributed by atoms with Crippen LogP contribution in [0.4, 0.5) is 0 Å². The Labute approximate surface area is 95.2 Å². The van der Waals surface area contributed by atoms with Gasteiger partial charge in [-0.25, -0.2) is 0 Å². The van der Waals surface area contributed by atoms with E-state index in [0.29, 0.717) is 12.0 Å². The molecule has 0 aromatic carbocycles. The molecule has 0 saturated carbocycles. The third-order valence-corrected chi connectivity index (χ3v) is 2.72. The Morgan fingerprint density at radius 3 is 2.80 bits per heavy atom. The summed E-state index contributed by atoms with van der Waals surface area (Å²) in [6.07, 6.45) is 5.89. The highest BCUT2D eigenvalue weighted by molar-refractivity contribution is 6.30. The van der Waals surface area contributed by atoms with Crippen LogP contribution in [-0.2, 0) is 6.54 Å². The standard InChI is InChI=1S/C12H14ClNO/c1-4-5-6-14-9(2)7-11(10(14)3)12(15)8-13/h1,7H,5-6,8H2,2-3H3. The molecule has 80 valence electrons. The van der Waals surface area contributed by atoms with Gasteiger partial charge in [0.2, 0.25) is 0 Å². The first kappa shape index (κ1) is 11.9. The molecule has 0 amide bonds. The van der Waals surface area contributed by atoms with Crippen molar-refractivity contribution in [3.63, 3.8) is 0 Å². The van der Waals surface area contributed by atoms with Crippen LogP contribution in [0.2, 0.25) is 0 Å². The monoisotopic (exact) mass is 223 g/mol. The Morgan fingerprint density at radius 1 is 1.60 bits per heavy atom. The normalized spacial score (nSPS) is 10.0. The summed E-state index contributed by atoms with van der Waals surface area (Å²) < 4.78 is 2.06. The summed E-state index contributed by atoms with van der Waals surface area (Å²) >= 11 is 5.53. The molecule has 0 atom stereocenters. The van der Waals surface area contributed by atoms with E-state index in [4.69, 9.17) is 18.0 Å². The lowest BCUT2D eigenvalue weighted by atomic mass is 10.2. The largest absolute Gasteiger partial charge is 0.347 e. The molecular weight excluding hydrogens is 210 g/mol. The van der Waals surface area contributed by atoms with Crippen molar-refractivity contribution in [2.24, 2.45) is 0 Å². The van der Waals surface area contributed by atoms with Crippen molar-refractivity contribution in [3.05, 3.63) is 23.0 Å². The molecule has 0 aliphatic carbocycles. The van der Waals surface area contributed by atoms with Crippen molar-refractivity contribution in [2.45, 2.75) is 26.8 Å². The fourth-order valence-electron chi connectivity index (χ4n) is 1.68. The first-order chi connectivity index (χ1) is 7.11. The molecule has 0 aliphatic heterocycles. The van der Waals surface area contributed by atoms with Crippen LogP contribution in [-0.4, -0.2) is 16.2 Å². The second kappa shape index (κ2) is 5.04. The Balaban J connectivity index is 3.04. The number of ketones is 1. The Morgan fingerprint density at radius 2 is 2.27 bits per heavy atom. The van der Waals surface area contributed by atoms with E-state index in [1.807, 2.05) is 19.9 Å². The van der Waals surface area contributed by atoms with Crippen LogP contribution in [0, 0.1) is 26.2 Å². The van der Waals surface area contributed by atoms with E-state index in [0.717, 1.165) is 17.9 Å². The number of hydrogen-bond acceptors (Lipinski definition) is 1. The van der Waals surface area contributed by atoms with Crippen molar-refractivity contribution in [1.82, 2.24) is 4.57 Å². The van der Waals surface area contributed by atoms with Crippen molar-refractivity contribution >= 4 is 17.4 Å². The van der Waals surface area contributed by atoms with Crippen LogP contribution < -0.4 is 0 Å². The number of carbonyl (C=O) groups is 1. The minimum Gasteiger partial charge on any atom is -0.347 e. The smallest absolute Gasteiger partial charge is 0.179 e. The zero-order valence-electron chi connectivity index (χ0n) is 9.01. The number of alkyl halides is 1. The summed E-state index contributed by atoms with van der Waals surface area (Å²) in [5, 5.41) is 0. The first-order valence-electron chi connectivity index (χ1n) is 4.81. The van der Waals surface area contributed by atoms with E-state index in [1.165, 1.54) is 0 Å². The van der Waals surface area contributed by atoms with Crippen LogP contribution >= 0.6 is 11.6 Å². The first-order valence-corrected chi connectivity index (χ1v) is 5.34. The van der Waals surface area contributed by atoms with E-state index in [1.54, 1.807) is 0 Å². The van der Waals surface area contributed by atoms with E-state index >= 15 is 0 Å². The lowest BCUT2D eigenvalue weighted by molar-refractivity contribution is 0.102.